The van der Waals surface area contributed by atoms with E-state index >= 15 is 0 Å². The molecule has 0 bridgehead atoms. The first-order valence-corrected chi connectivity index (χ1v) is 6.82. The largest absolute Gasteiger partial charge is 0.504 e. The predicted octanol–water partition coefficient (Wildman–Crippen LogP) is 2.38. The van der Waals surface area contributed by atoms with E-state index in [4.69, 9.17) is 0 Å². The van der Waals surface area contributed by atoms with Crippen molar-refractivity contribution in [3.63, 3.8) is 0 Å². The predicted molar refractivity (Wildman–Crippen MR) is 75.8 cm³/mol. The second-order valence-corrected chi connectivity index (χ2v) is 4.99. The fraction of sp³-hybridized carbons (Fsp3) is 0.333. The number of anilines is 1. The van der Waals surface area contributed by atoms with Crippen molar-refractivity contribution in [3.8, 4) is 11.5 Å². The number of benzene rings is 1. The Morgan fingerprint density at radius 2 is 1.95 bits per heavy atom. The maximum absolute atomic E-state index is 9.79. The Hall–Kier alpha value is -2.30. The highest BCUT2D eigenvalue weighted by Crippen LogP contribution is 2.29. The average molecular weight is 271 g/mol. The van der Waals surface area contributed by atoms with Crippen molar-refractivity contribution in [3.05, 3.63) is 41.3 Å². The van der Waals surface area contributed by atoms with Gasteiger partial charge in [0.15, 0.2) is 11.5 Å². The summed E-state index contributed by atoms with van der Waals surface area (Å²) in [6, 6.07) is 4.95. The van der Waals surface area contributed by atoms with Crippen LogP contribution >= 0.6 is 0 Å². The third-order valence-electron chi connectivity index (χ3n) is 3.67. The molecule has 5 heteroatoms. The number of nitrogens with zero attached hydrogens (tertiary/aromatic N) is 2. The summed E-state index contributed by atoms with van der Waals surface area (Å²) in [5, 5.41) is 22.5. The van der Waals surface area contributed by atoms with Gasteiger partial charge in [-0.15, -0.1) is 0 Å². The van der Waals surface area contributed by atoms with Crippen molar-refractivity contribution in [2.75, 3.05) is 5.32 Å². The molecule has 0 atom stereocenters. The van der Waals surface area contributed by atoms with Gasteiger partial charge in [-0.1, -0.05) is 12.1 Å². The minimum atomic E-state index is -0.103. The van der Waals surface area contributed by atoms with Crippen LogP contribution in [0.15, 0.2) is 24.5 Å². The zero-order valence-electron chi connectivity index (χ0n) is 11.1. The van der Waals surface area contributed by atoms with Crippen molar-refractivity contribution < 1.29 is 10.2 Å². The third-order valence-corrected chi connectivity index (χ3v) is 3.67. The van der Waals surface area contributed by atoms with Crippen molar-refractivity contribution in [1.29, 1.82) is 0 Å². The Balaban J connectivity index is 1.80. The van der Waals surface area contributed by atoms with E-state index < -0.39 is 0 Å². The summed E-state index contributed by atoms with van der Waals surface area (Å²) in [6.45, 7) is 0.420. The topological polar surface area (TPSA) is 78.3 Å². The van der Waals surface area contributed by atoms with Gasteiger partial charge in [0.25, 0.3) is 0 Å². The molecule has 1 aliphatic rings. The Morgan fingerprint density at radius 3 is 2.85 bits per heavy atom. The number of hydrogen-bond acceptors (Lipinski definition) is 5. The highest BCUT2D eigenvalue weighted by Gasteiger charge is 2.15. The Morgan fingerprint density at radius 1 is 1.10 bits per heavy atom. The minimum absolute atomic E-state index is 0.0806. The molecule has 0 radical (unpaired) electrons. The molecule has 5 nitrogen and oxygen atoms in total. The first-order valence-electron chi connectivity index (χ1n) is 6.82. The molecule has 1 aromatic heterocycles. The van der Waals surface area contributed by atoms with Crippen LogP contribution in [0.25, 0.3) is 0 Å². The first kappa shape index (κ1) is 12.7. The molecule has 0 spiro atoms. The summed E-state index contributed by atoms with van der Waals surface area (Å²) in [6.07, 6.45) is 5.91. The summed E-state index contributed by atoms with van der Waals surface area (Å²) in [5.41, 5.74) is 2.94. The SMILES string of the molecule is Oc1cccc(CNc2ncnc3c2CCCC3)c1O. The van der Waals surface area contributed by atoms with Crippen LogP contribution in [0, 0.1) is 0 Å². The van der Waals surface area contributed by atoms with Crippen molar-refractivity contribution in [1.82, 2.24) is 9.97 Å². The van der Waals surface area contributed by atoms with E-state index in [0.29, 0.717) is 12.1 Å². The Bertz CT molecular complexity index is 629. The molecule has 0 unspecified atom stereocenters. The lowest BCUT2D eigenvalue weighted by molar-refractivity contribution is 0.400. The van der Waals surface area contributed by atoms with Gasteiger partial charge in [0.1, 0.15) is 12.1 Å². The monoisotopic (exact) mass is 271 g/mol. The van der Waals surface area contributed by atoms with Crippen molar-refractivity contribution in [2.45, 2.75) is 32.2 Å². The lowest BCUT2D eigenvalue weighted by Gasteiger charge is -2.18. The van der Waals surface area contributed by atoms with Crippen LogP contribution in [0.1, 0.15) is 29.7 Å². The highest BCUT2D eigenvalue weighted by molar-refractivity contribution is 5.50. The lowest BCUT2D eigenvalue weighted by atomic mass is 9.96. The van der Waals surface area contributed by atoms with Gasteiger partial charge in [-0.25, -0.2) is 9.97 Å². The summed E-state index contributed by atoms with van der Waals surface area (Å²) in [5.74, 6) is 0.648. The lowest BCUT2D eigenvalue weighted by Crippen LogP contribution is -2.12. The summed E-state index contributed by atoms with van der Waals surface area (Å²) in [7, 11) is 0. The zero-order valence-corrected chi connectivity index (χ0v) is 11.1. The number of fused-ring (bicyclic) bond motifs is 1. The van der Waals surface area contributed by atoms with E-state index in [0.717, 1.165) is 30.8 Å². The number of aryl methyl sites for hydroxylation is 1. The molecule has 3 rings (SSSR count). The molecule has 1 aliphatic carbocycles. The van der Waals surface area contributed by atoms with E-state index in [1.807, 2.05) is 0 Å². The summed E-state index contributed by atoms with van der Waals surface area (Å²) in [4.78, 5) is 8.62. The molecule has 3 N–H and O–H groups in total. The summed E-state index contributed by atoms with van der Waals surface area (Å²) >= 11 is 0. The van der Waals surface area contributed by atoms with Crippen molar-refractivity contribution >= 4 is 5.82 Å². The molecule has 0 fully saturated rings. The third kappa shape index (κ3) is 2.39. The number of nitrogens with one attached hydrogen (secondary N) is 1. The number of aromatic nitrogens is 2. The van der Waals surface area contributed by atoms with Crippen LogP contribution in [0.4, 0.5) is 5.82 Å². The fourth-order valence-corrected chi connectivity index (χ4v) is 2.57. The number of rotatable bonds is 3. The van der Waals surface area contributed by atoms with E-state index in [2.05, 4.69) is 15.3 Å². The van der Waals surface area contributed by atoms with Gasteiger partial charge in [0.05, 0.1) is 0 Å². The van der Waals surface area contributed by atoms with Gasteiger partial charge in [0.2, 0.25) is 0 Å². The van der Waals surface area contributed by atoms with Crippen LogP contribution < -0.4 is 5.32 Å². The second kappa shape index (κ2) is 5.36. The smallest absolute Gasteiger partial charge is 0.162 e. The zero-order chi connectivity index (χ0) is 13.9. The number of aromatic hydroxyl groups is 2. The van der Waals surface area contributed by atoms with Crippen LogP contribution in [0.3, 0.4) is 0 Å². The Labute approximate surface area is 117 Å². The number of phenols is 2. The molecule has 0 amide bonds. The number of phenolic OH excluding ortho intramolecular Hbond substituents is 2. The second-order valence-electron chi connectivity index (χ2n) is 4.99. The standard InChI is InChI=1S/C15H17N3O2/c19-13-7-3-4-10(14(13)20)8-16-15-11-5-1-2-6-12(11)17-9-18-15/h3-4,7,9,19-20H,1-2,5-6,8H2,(H,16,17,18). The van der Waals surface area contributed by atoms with Crippen LogP contribution in [0.2, 0.25) is 0 Å². The summed E-state index contributed by atoms with van der Waals surface area (Å²) < 4.78 is 0. The molecule has 1 heterocycles. The molecular weight excluding hydrogens is 254 g/mol. The van der Waals surface area contributed by atoms with Gasteiger partial charge < -0.3 is 15.5 Å². The molecule has 20 heavy (non-hydrogen) atoms. The molecular formula is C15H17N3O2. The van der Waals surface area contributed by atoms with E-state index in [-0.39, 0.29) is 11.5 Å². The van der Waals surface area contributed by atoms with Crippen LogP contribution in [-0.2, 0) is 19.4 Å². The molecule has 0 saturated heterocycles. The molecule has 104 valence electrons. The molecule has 0 saturated carbocycles. The van der Waals surface area contributed by atoms with Gasteiger partial charge in [-0.3, -0.25) is 0 Å². The van der Waals surface area contributed by atoms with E-state index in [1.54, 1.807) is 18.5 Å². The van der Waals surface area contributed by atoms with Gasteiger partial charge in [-0.05, 0) is 31.7 Å². The van der Waals surface area contributed by atoms with Crippen molar-refractivity contribution in [2.24, 2.45) is 0 Å². The Kier molecular flexibility index (Phi) is 3.41. The molecule has 2 aromatic rings. The highest BCUT2D eigenvalue weighted by atomic mass is 16.3. The van der Waals surface area contributed by atoms with Gasteiger partial charge in [-0.2, -0.15) is 0 Å². The maximum atomic E-state index is 9.79. The molecule has 1 aromatic carbocycles. The maximum Gasteiger partial charge on any atom is 0.162 e. The molecule has 0 aliphatic heterocycles. The number of hydrogen-bond donors (Lipinski definition) is 3. The van der Waals surface area contributed by atoms with E-state index in [9.17, 15) is 10.2 Å². The average Bonchev–Trinajstić information content (AvgIpc) is 2.49. The quantitative estimate of drug-likeness (QED) is 0.747. The van der Waals surface area contributed by atoms with Crippen LogP contribution in [-0.4, -0.2) is 20.2 Å². The fourth-order valence-electron chi connectivity index (χ4n) is 2.57. The van der Waals surface area contributed by atoms with Gasteiger partial charge >= 0.3 is 0 Å². The first-order chi connectivity index (χ1) is 9.75. The van der Waals surface area contributed by atoms with Gasteiger partial charge in [0, 0.05) is 23.4 Å². The number of para-hydroxylation sites is 1. The minimum Gasteiger partial charge on any atom is -0.504 e. The van der Waals surface area contributed by atoms with Crippen LogP contribution in [0.5, 0.6) is 11.5 Å². The normalized spacial score (nSPS) is 13.8. The van der Waals surface area contributed by atoms with E-state index in [1.165, 1.54) is 18.1 Å².